The van der Waals surface area contributed by atoms with Crippen LogP contribution in [0.4, 0.5) is 0 Å². The first-order valence-electron chi connectivity index (χ1n) is 6.12. The van der Waals surface area contributed by atoms with Crippen molar-refractivity contribution in [2.45, 2.75) is 44.3 Å². The summed E-state index contributed by atoms with van der Waals surface area (Å²) in [7, 11) is 0. The molecule has 0 bridgehead atoms. The normalized spacial score (nSPS) is 28.8. The Labute approximate surface area is 101 Å². The molecule has 1 atom stereocenters. The maximum absolute atomic E-state index is 11.8. The molecule has 0 aromatic rings. The molecule has 1 saturated heterocycles. The van der Waals surface area contributed by atoms with Crippen molar-refractivity contribution < 1.29 is 14.3 Å². The molecule has 1 heterocycles. The van der Waals surface area contributed by atoms with E-state index in [2.05, 4.69) is 0 Å². The van der Waals surface area contributed by atoms with E-state index in [1.807, 2.05) is 0 Å². The first-order valence-corrected chi connectivity index (χ1v) is 6.66. The molecule has 0 aromatic heterocycles. The van der Waals surface area contributed by atoms with Crippen LogP contribution in [0.2, 0.25) is 0 Å². The summed E-state index contributed by atoms with van der Waals surface area (Å²) < 4.78 is 11.3. The van der Waals surface area contributed by atoms with E-state index < -0.39 is 5.79 Å². The lowest BCUT2D eigenvalue weighted by Crippen LogP contribution is -2.40. The summed E-state index contributed by atoms with van der Waals surface area (Å²) in [6.45, 7) is 1.34. The van der Waals surface area contributed by atoms with Crippen molar-refractivity contribution in [3.8, 4) is 0 Å². The molecule has 1 saturated carbocycles. The molecule has 0 N–H and O–H groups in total. The quantitative estimate of drug-likeness (QED) is 0.565. The lowest BCUT2D eigenvalue weighted by atomic mass is 9.81. The van der Waals surface area contributed by atoms with Crippen LogP contribution in [0.1, 0.15) is 38.5 Å². The van der Waals surface area contributed by atoms with Crippen LogP contribution in [0, 0.1) is 5.92 Å². The first kappa shape index (κ1) is 12.3. The smallest absolute Gasteiger partial charge is 0.169 e. The fraction of sp³-hybridized carbons (Fsp3) is 0.917. The molecule has 2 rings (SSSR count). The van der Waals surface area contributed by atoms with Gasteiger partial charge in [-0.05, 0) is 12.8 Å². The Morgan fingerprint density at radius 1 is 1.31 bits per heavy atom. The number of hydrogen-bond acceptors (Lipinski definition) is 3. The zero-order valence-electron chi connectivity index (χ0n) is 9.54. The van der Waals surface area contributed by atoms with Gasteiger partial charge in [0.1, 0.15) is 5.78 Å². The van der Waals surface area contributed by atoms with E-state index >= 15 is 0 Å². The van der Waals surface area contributed by atoms with Crippen LogP contribution in [-0.4, -0.2) is 30.7 Å². The Kier molecular flexibility index (Phi) is 4.22. The molecule has 4 heteroatoms. The summed E-state index contributed by atoms with van der Waals surface area (Å²) in [5.41, 5.74) is 0. The summed E-state index contributed by atoms with van der Waals surface area (Å²) in [5.74, 6) is 0.743. The van der Waals surface area contributed by atoms with Gasteiger partial charge in [-0.25, -0.2) is 0 Å². The van der Waals surface area contributed by atoms with Crippen molar-refractivity contribution >= 4 is 17.4 Å². The van der Waals surface area contributed by atoms with Crippen molar-refractivity contribution in [1.29, 1.82) is 0 Å². The van der Waals surface area contributed by atoms with Crippen LogP contribution in [0.3, 0.4) is 0 Å². The van der Waals surface area contributed by atoms with Gasteiger partial charge in [-0.2, -0.15) is 0 Å². The van der Waals surface area contributed by atoms with Crippen LogP contribution < -0.4 is 0 Å². The average Bonchev–Trinajstić information content (AvgIpc) is 2.73. The second-order valence-corrected chi connectivity index (χ2v) is 5.04. The van der Waals surface area contributed by atoms with Crippen LogP contribution in [0.15, 0.2) is 0 Å². The van der Waals surface area contributed by atoms with Crippen LogP contribution in [0.5, 0.6) is 0 Å². The van der Waals surface area contributed by atoms with Crippen molar-refractivity contribution in [3.05, 3.63) is 0 Å². The van der Waals surface area contributed by atoms with Gasteiger partial charge in [-0.3, -0.25) is 4.79 Å². The van der Waals surface area contributed by atoms with Gasteiger partial charge in [-0.15, -0.1) is 11.6 Å². The minimum absolute atomic E-state index is 0.120. The van der Waals surface area contributed by atoms with Crippen LogP contribution in [-0.2, 0) is 14.3 Å². The average molecular weight is 247 g/mol. The number of hydrogen-bond donors (Lipinski definition) is 0. The number of carbonyl (C=O) groups excluding carboxylic acids is 1. The van der Waals surface area contributed by atoms with Gasteiger partial charge in [0.15, 0.2) is 5.79 Å². The molecule has 1 unspecified atom stereocenters. The van der Waals surface area contributed by atoms with Gasteiger partial charge in [0.2, 0.25) is 0 Å². The van der Waals surface area contributed by atoms with E-state index in [0.717, 1.165) is 32.1 Å². The molecule has 2 aliphatic rings. The van der Waals surface area contributed by atoms with Gasteiger partial charge in [0.05, 0.1) is 13.2 Å². The fourth-order valence-corrected chi connectivity index (χ4v) is 2.81. The highest BCUT2D eigenvalue weighted by Gasteiger charge is 2.44. The number of halogens is 1. The summed E-state index contributed by atoms with van der Waals surface area (Å²) in [5, 5.41) is 0. The summed E-state index contributed by atoms with van der Waals surface area (Å²) in [6, 6.07) is 0. The number of alkyl halides is 1. The number of carbonyl (C=O) groups is 1. The highest BCUT2D eigenvalue weighted by atomic mass is 35.5. The molecule has 3 nitrogen and oxygen atoms in total. The van der Waals surface area contributed by atoms with E-state index in [4.69, 9.17) is 21.1 Å². The van der Waals surface area contributed by atoms with Crippen LogP contribution in [0.25, 0.3) is 0 Å². The number of Topliss-reactive ketones (excluding diaryl/α,β-unsaturated/α-hetero) is 1. The standard InChI is InChI=1S/C12H19ClO3/c13-6-2-1-3-10-9-12(5-4-11(10)14)15-7-8-16-12/h10H,1-9H2. The molecule has 0 radical (unpaired) electrons. The molecule has 1 spiro atoms. The topological polar surface area (TPSA) is 35.5 Å². The number of unbranched alkanes of at least 4 members (excludes halogenated alkanes) is 1. The Morgan fingerprint density at radius 3 is 2.75 bits per heavy atom. The predicted octanol–water partition coefficient (Wildman–Crippen LogP) is 2.51. The first-order chi connectivity index (χ1) is 7.76. The molecular weight excluding hydrogens is 228 g/mol. The number of ether oxygens (including phenoxy) is 2. The van der Waals surface area contributed by atoms with Gasteiger partial charge >= 0.3 is 0 Å². The zero-order valence-corrected chi connectivity index (χ0v) is 10.3. The molecule has 92 valence electrons. The largest absolute Gasteiger partial charge is 0.347 e. The van der Waals surface area contributed by atoms with Crippen molar-refractivity contribution in [2.24, 2.45) is 5.92 Å². The Bertz CT molecular complexity index is 249. The fourth-order valence-electron chi connectivity index (χ4n) is 2.62. The van der Waals surface area contributed by atoms with E-state index in [1.165, 1.54) is 0 Å². The van der Waals surface area contributed by atoms with E-state index in [1.54, 1.807) is 0 Å². The summed E-state index contributed by atoms with van der Waals surface area (Å²) >= 11 is 5.64. The maximum Gasteiger partial charge on any atom is 0.169 e. The SMILES string of the molecule is O=C1CCC2(CC1CCCCCl)OCCO2. The van der Waals surface area contributed by atoms with Crippen molar-refractivity contribution in [3.63, 3.8) is 0 Å². The minimum atomic E-state index is -0.431. The molecule has 1 aliphatic carbocycles. The highest BCUT2D eigenvalue weighted by molar-refractivity contribution is 6.17. The molecule has 0 amide bonds. The van der Waals surface area contributed by atoms with Gasteiger partial charge in [0.25, 0.3) is 0 Å². The van der Waals surface area contributed by atoms with E-state index in [9.17, 15) is 4.79 Å². The second-order valence-electron chi connectivity index (χ2n) is 4.66. The highest BCUT2D eigenvalue weighted by Crippen LogP contribution is 2.38. The monoisotopic (exact) mass is 246 g/mol. The second kappa shape index (κ2) is 5.48. The van der Waals surface area contributed by atoms with Gasteiger partial charge in [0, 0.05) is 31.1 Å². The van der Waals surface area contributed by atoms with Gasteiger partial charge < -0.3 is 9.47 Å². The van der Waals surface area contributed by atoms with Crippen molar-refractivity contribution in [1.82, 2.24) is 0 Å². The third-order valence-corrected chi connectivity index (χ3v) is 3.78. The molecule has 2 fully saturated rings. The van der Waals surface area contributed by atoms with E-state index in [0.29, 0.717) is 31.3 Å². The van der Waals surface area contributed by atoms with Crippen molar-refractivity contribution in [2.75, 3.05) is 19.1 Å². The summed E-state index contributed by atoms with van der Waals surface area (Å²) in [4.78, 5) is 11.8. The maximum atomic E-state index is 11.8. The van der Waals surface area contributed by atoms with Gasteiger partial charge in [-0.1, -0.05) is 6.42 Å². The lowest BCUT2D eigenvalue weighted by Gasteiger charge is -2.35. The third kappa shape index (κ3) is 2.76. The third-order valence-electron chi connectivity index (χ3n) is 3.51. The lowest BCUT2D eigenvalue weighted by molar-refractivity contribution is -0.189. The molecular formula is C12H19ClO3. The van der Waals surface area contributed by atoms with Crippen LogP contribution >= 0.6 is 11.6 Å². The Hall–Kier alpha value is -0.120. The molecule has 0 aromatic carbocycles. The van der Waals surface area contributed by atoms with E-state index in [-0.39, 0.29) is 5.92 Å². The number of rotatable bonds is 4. The minimum Gasteiger partial charge on any atom is -0.347 e. The molecule has 16 heavy (non-hydrogen) atoms. The Balaban J connectivity index is 1.87. The summed E-state index contributed by atoms with van der Waals surface area (Å²) in [6.07, 6.45) is 5.02. The molecule has 1 aliphatic heterocycles. The predicted molar refractivity (Wildman–Crippen MR) is 61.6 cm³/mol. The number of ketones is 1. The zero-order chi connectivity index (χ0) is 11.4. The Morgan fingerprint density at radius 2 is 2.06 bits per heavy atom.